The van der Waals surface area contributed by atoms with Crippen molar-refractivity contribution in [3.63, 3.8) is 0 Å². The van der Waals surface area contributed by atoms with Gasteiger partial charge in [-0.15, -0.1) is 0 Å². The van der Waals surface area contributed by atoms with Crippen molar-refractivity contribution >= 4 is 11.7 Å². The van der Waals surface area contributed by atoms with Gasteiger partial charge in [-0.3, -0.25) is 0 Å². The van der Waals surface area contributed by atoms with E-state index in [-0.39, 0.29) is 18.7 Å². The molecule has 0 fully saturated rings. The van der Waals surface area contributed by atoms with Crippen LogP contribution in [0.4, 0.5) is 10.5 Å². The number of aryl methyl sites for hydroxylation is 2. The lowest BCUT2D eigenvalue weighted by atomic mass is 10.1. The third-order valence-corrected chi connectivity index (χ3v) is 4.24. The van der Waals surface area contributed by atoms with Gasteiger partial charge in [0, 0.05) is 11.4 Å². The normalized spacial score (nSPS) is 11.8. The lowest BCUT2D eigenvalue weighted by Gasteiger charge is -2.17. The monoisotopic (exact) mass is 364 g/mol. The number of aliphatic hydroxyl groups excluding tert-OH is 1. The third kappa shape index (κ3) is 4.95. The molecule has 0 saturated carbocycles. The number of rotatable bonds is 6. The van der Waals surface area contributed by atoms with E-state index in [1.807, 2.05) is 79.2 Å². The van der Waals surface area contributed by atoms with Crippen LogP contribution in [0.2, 0.25) is 0 Å². The maximum atomic E-state index is 12.3. The van der Waals surface area contributed by atoms with Gasteiger partial charge in [0.2, 0.25) is 0 Å². The van der Waals surface area contributed by atoms with Gasteiger partial charge >= 0.3 is 6.03 Å². The zero-order valence-corrected chi connectivity index (χ0v) is 15.5. The van der Waals surface area contributed by atoms with Crippen LogP contribution in [-0.2, 0) is 6.42 Å². The summed E-state index contributed by atoms with van der Waals surface area (Å²) in [6.45, 7) is 3.80. The molecular weight excluding hydrogens is 340 g/mol. The molecule has 6 heteroatoms. The summed E-state index contributed by atoms with van der Waals surface area (Å²) in [7, 11) is 0. The van der Waals surface area contributed by atoms with Gasteiger partial charge in [0.15, 0.2) is 0 Å². The van der Waals surface area contributed by atoms with Crippen molar-refractivity contribution in [1.82, 2.24) is 15.1 Å². The number of carbonyl (C=O) groups excluding carboxylic acids is 1. The Labute approximate surface area is 158 Å². The van der Waals surface area contributed by atoms with E-state index in [9.17, 15) is 9.90 Å². The zero-order valence-electron chi connectivity index (χ0n) is 15.5. The second kappa shape index (κ2) is 8.51. The predicted molar refractivity (Wildman–Crippen MR) is 106 cm³/mol. The van der Waals surface area contributed by atoms with Crippen molar-refractivity contribution in [3.8, 4) is 5.69 Å². The number of nitrogens with zero attached hydrogens (tertiary/aromatic N) is 2. The molecule has 1 aromatic heterocycles. The van der Waals surface area contributed by atoms with Crippen molar-refractivity contribution < 1.29 is 9.90 Å². The van der Waals surface area contributed by atoms with E-state index in [1.54, 1.807) is 0 Å². The van der Waals surface area contributed by atoms with Gasteiger partial charge in [-0.2, -0.15) is 5.10 Å². The standard InChI is InChI=1S/C21H24N4O2/c1-15-11-16(2)25(24-15)20-10-6-9-18(13-20)22-21(27)23-19(14-26)12-17-7-4-3-5-8-17/h3-11,13,19,26H,12,14H2,1-2H3,(H2,22,23,27). The molecule has 1 atom stereocenters. The van der Waals surface area contributed by atoms with E-state index < -0.39 is 0 Å². The Kier molecular flexibility index (Phi) is 5.88. The molecule has 140 valence electrons. The molecule has 0 saturated heterocycles. The molecule has 0 aliphatic heterocycles. The molecule has 1 unspecified atom stereocenters. The minimum absolute atomic E-state index is 0.131. The van der Waals surface area contributed by atoms with Crippen LogP contribution < -0.4 is 10.6 Å². The number of benzene rings is 2. The van der Waals surface area contributed by atoms with Gasteiger partial charge in [0.25, 0.3) is 0 Å². The Morgan fingerprint density at radius 3 is 2.56 bits per heavy atom. The van der Waals surface area contributed by atoms with Crippen molar-refractivity contribution in [2.75, 3.05) is 11.9 Å². The molecule has 2 aromatic carbocycles. The molecule has 3 aromatic rings. The summed E-state index contributed by atoms with van der Waals surface area (Å²) in [6.07, 6.45) is 0.566. The van der Waals surface area contributed by atoms with E-state index in [4.69, 9.17) is 0 Å². The van der Waals surface area contributed by atoms with Crippen LogP contribution in [0.3, 0.4) is 0 Å². The number of hydrogen-bond acceptors (Lipinski definition) is 3. The SMILES string of the molecule is Cc1cc(C)n(-c2cccc(NC(=O)NC(CO)Cc3ccccc3)c2)n1. The highest BCUT2D eigenvalue weighted by atomic mass is 16.3. The number of urea groups is 1. The average Bonchev–Trinajstić information content (AvgIpc) is 3.00. The first-order chi connectivity index (χ1) is 13.0. The highest BCUT2D eigenvalue weighted by Gasteiger charge is 2.13. The second-order valence-corrected chi connectivity index (χ2v) is 6.56. The Hall–Kier alpha value is -3.12. The van der Waals surface area contributed by atoms with E-state index in [0.717, 1.165) is 22.6 Å². The van der Waals surface area contributed by atoms with Gasteiger partial charge in [0.1, 0.15) is 0 Å². The zero-order chi connectivity index (χ0) is 19.2. The van der Waals surface area contributed by atoms with Crippen LogP contribution in [0.5, 0.6) is 0 Å². The van der Waals surface area contributed by atoms with Gasteiger partial charge in [-0.25, -0.2) is 9.48 Å². The van der Waals surface area contributed by atoms with Crippen molar-refractivity contribution in [2.45, 2.75) is 26.3 Å². The van der Waals surface area contributed by atoms with Crippen LogP contribution in [0, 0.1) is 13.8 Å². The van der Waals surface area contributed by atoms with Crippen molar-refractivity contribution in [3.05, 3.63) is 77.6 Å². The maximum Gasteiger partial charge on any atom is 0.319 e. The molecule has 0 aliphatic carbocycles. The highest BCUT2D eigenvalue weighted by molar-refractivity contribution is 5.89. The molecule has 0 bridgehead atoms. The van der Waals surface area contributed by atoms with Gasteiger partial charge in [-0.1, -0.05) is 36.4 Å². The first-order valence-corrected chi connectivity index (χ1v) is 8.91. The molecule has 2 amide bonds. The number of aromatic nitrogens is 2. The molecule has 1 heterocycles. The Morgan fingerprint density at radius 1 is 1.11 bits per heavy atom. The van der Waals surface area contributed by atoms with Crippen LogP contribution in [0.1, 0.15) is 17.0 Å². The summed E-state index contributed by atoms with van der Waals surface area (Å²) in [4.78, 5) is 12.3. The summed E-state index contributed by atoms with van der Waals surface area (Å²) in [5, 5.41) is 19.7. The van der Waals surface area contributed by atoms with E-state index in [2.05, 4.69) is 15.7 Å². The summed E-state index contributed by atoms with van der Waals surface area (Å²) < 4.78 is 1.84. The van der Waals surface area contributed by atoms with Gasteiger partial charge in [-0.05, 0) is 50.1 Å². The number of amides is 2. The highest BCUT2D eigenvalue weighted by Crippen LogP contribution is 2.17. The molecule has 27 heavy (non-hydrogen) atoms. The Morgan fingerprint density at radius 2 is 1.89 bits per heavy atom. The topological polar surface area (TPSA) is 79.2 Å². The smallest absolute Gasteiger partial charge is 0.319 e. The molecule has 0 radical (unpaired) electrons. The molecule has 6 nitrogen and oxygen atoms in total. The van der Waals surface area contributed by atoms with Crippen LogP contribution in [0.15, 0.2) is 60.7 Å². The summed E-state index contributed by atoms with van der Waals surface area (Å²) in [5.41, 5.74) is 4.56. The fraction of sp³-hybridized carbons (Fsp3) is 0.238. The lowest BCUT2D eigenvalue weighted by molar-refractivity contribution is 0.224. The maximum absolute atomic E-state index is 12.3. The molecule has 0 aliphatic rings. The number of carbonyl (C=O) groups is 1. The number of nitrogens with one attached hydrogen (secondary N) is 2. The van der Waals surface area contributed by atoms with E-state index in [1.165, 1.54) is 0 Å². The van der Waals surface area contributed by atoms with Crippen molar-refractivity contribution in [2.24, 2.45) is 0 Å². The molecular formula is C21H24N4O2. The fourth-order valence-corrected chi connectivity index (χ4v) is 3.02. The van der Waals surface area contributed by atoms with Crippen LogP contribution in [0.25, 0.3) is 5.69 Å². The first kappa shape index (κ1) is 18.7. The largest absolute Gasteiger partial charge is 0.394 e. The minimum atomic E-state index is -0.355. The molecule has 3 N–H and O–H groups in total. The summed E-state index contributed by atoms with van der Waals surface area (Å²) >= 11 is 0. The van der Waals surface area contributed by atoms with E-state index >= 15 is 0 Å². The number of anilines is 1. The molecule has 3 rings (SSSR count). The van der Waals surface area contributed by atoms with Crippen LogP contribution >= 0.6 is 0 Å². The third-order valence-electron chi connectivity index (χ3n) is 4.24. The first-order valence-electron chi connectivity index (χ1n) is 8.91. The number of aliphatic hydroxyl groups is 1. The van der Waals surface area contributed by atoms with Crippen LogP contribution in [-0.4, -0.2) is 33.6 Å². The average molecular weight is 364 g/mol. The number of hydrogen-bond donors (Lipinski definition) is 3. The Bertz CT molecular complexity index is 906. The molecule has 0 spiro atoms. The Balaban J connectivity index is 1.65. The fourth-order valence-electron chi connectivity index (χ4n) is 3.02. The van der Waals surface area contributed by atoms with Crippen molar-refractivity contribution in [1.29, 1.82) is 0 Å². The summed E-state index contributed by atoms with van der Waals surface area (Å²) in [6, 6.07) is 18.5. The lowest BCUT2D eigenvalue weighted by Crippen LogP contribution is -2.41. The van der Waals surface area contributed by atoms with Gasteiger partial charge in [0.05, 0.1) is 24.0 Å². The summed E-state index contributed by atoms with van der Waals surface area (Å²) in [5.74, 6) is 0. The minimum Gasteiger partial charge on any atom is -0.394 e. The second-order valence-electron chi connectivity index (χ2n) is 6.56. The van der Waals surface area contributed by atoms with E-state index in [0.29, 0.717) is 12.1 Å². The quantitative estimate of drug-likeness (QED) is 0.628. The van der Waals surface area contributed by atoms with Gasteiger partial charge < -0.3 is 15.7 Å². The predicted octanol–water partition coefficient (Wildman–Crippen LogP) is 3.21.